The number of aliphatic imine (C=N–C) groups is 1. The summed E-state index contributed by atoms with van der Waals surface area (Å²) < 4.78 is 5.56. The Kier molecular flexibility index (Phi) is 8.81. The van der Waals surface area contributed by atoms with E-state index in [2.05, 4.69) is 38.7 Å². The molecule has 0 spiro atoms. The first-order chi connectivity index (χ1) is 11.8. The number of likely N-dealkylation sites (tertiary alicyclic amines) is 1. The van der Waals surface area contributed by atoms with E-state index in [1.54, 1.807) is 0 Å². The molecule has 140 valence electrons. The maximum Gasteiger partial charge on any atom is 0.190 e. The van der Waals surface area contributed by atoms with E-state index in [0.717, 1.165) is 44.2 Å². The number of hydrogen-bond acceptors (Lipinski definition) is 3. The molecule has 0 bridgehead atoms. The van der Waals surface area contributed by atoms with Crippen molar-refractivity contribution in [2.45, 2.75) is 32.1 Å². The van der Waals surface area contributed by atoms with Crippen molar-refractivity contribution in [3.05, 3.63) is 29.3 Å². The highest BCUT2D eigenvalue weighted by molar-refractivity contribution is 14.0. The van der Waals surface area contributed by atoms with Gasteiger partial charge in [-0.15, -0.1) is 24.0 Å². The number of hydrogen-bond donors (Lipinski definition) is 2. The summed E-state index contributed by atoms with van der Waals surface area (Å²) in [7, 11) is 1.84. The smallest absolute Gasteiger partial charge is 0.190 e. The zero-order valence-electron chi connectivity index (χ0n) is 15.2. The van der Waals surface area contributed by atoms with Gasteiger partial charge in [0.15, 0.2) is 5.96 Å². The van der Waals surface area contributed by atoms with Crippen LogP contribution >= 0.6 is 24.0 Å². The Balaban J connectivity index is 0.00000225. The fraction of sp³-hybridized carbons (Fsp3) is 0.632. The molecule has 5 nitrogen and oxygen atoms in total. The minimum Gasteiger partial charge on any atom is -0.493 e. The number of benzene rings is 1. The van der Waals surface area contributed by atoms with Crippen molar-refractivity contribution in [2.24, 2.45) is 4.99 Å². The summed E-state index contributed by atoms with van der Waals surface area (Å²) >= 11 is 0. The Morgan fingerprint density at radius 3 is 2.80 bits per heavy atom. The summed E-state index contributed by atoms with van der Waals surface area (Å²) in [4.78, 5) is 6.86. The van der Waals surface area contributed by atoms with E-state index < -0.39 is 0 Å². The second kappa shape index (κ2) is 10.9. The lowest BCUT2D eigenvalue weighted by Gasteiger charge is -2.16. The van der Waals surface area contributed by atoms with Crippen molar-refractivity contribution in [1.29, 1.82) is 0 Å². The van der Waals surface area contributed by atoms with E-state index in [9.17, 15) is 0 Å². The van der Waals surface area contributed by atoms with Gasteiger partial charge in [0.2, 0.25) is 0 Å². The van der Waals surface area contributed by atoms with Crippen molar-refractivity contribution in [2.75, 3.05) is 46.4 Å². The first kappa shape index (κ1) is 20.3. The van der Waals surface area contributed by atoms with Gasteiger partial charge in [0.25, 0.3) is 0 Å². The molecule has 0 aliphatic carbocycles. The Labute approximate surface area is 168 Å². The largest absolute Gasteiger partial charge is 0.493 e. The molecule has 6 heteroatoms. The van der Waals surface area contributed by atoms with Crippen LogP contribution in [0.2, 0.25) is 0 Å². The zero-order valence-corrected chi connectivity index (χ0v) is 17.6. The molecule has 0 amide bonds. The van der Waals surface area contributed by atoms with Crippen LogP contribution in [0.5, 0.6) is 5.75 Å². The number of nitrogens with zero attached hydrogens (tertiary/aromatic N) is 2. The van der Waals surface area contributed by atoms with Crippen LogP contribution in [-0.2, 0) is 12.8 Å². The quantitative estimate of drug-likeness (QED) is 0.285. The van der Waals surface area contributed by atoms with Crippen molar-refractivity contribution >= 4 is 29.9 Å². The Hall–Kier alpha value is -1.02. The third-order valence-corrected chi connectivity index (χ3v) is 4.83. The lowest BCUT2D eigenvalue weighted by molar-refractivity contribution is 0.334. The third kappa shape index (κ3) is 6.33. The highest BCUT2D eigenvalue weighted by atomic mass is 127. The van der Waals surface area contributed by atoms with E-state index in [0.29, 0.717) is 0 Å². The summed E-state index contributed by atoms with van der Waals surface area (Å²) in [6.07, 6.45) is 5.95. The lowest BCUT2D eigenvalue weighted by Crippen LogP contribution is -2.39. The highest BCUT2D eigenvalue weighted by Gasteiger charge is 2.12. The molecule has 2 heterocycles. The summed E-state index contributed by atoms with van der Waals surface area (Å²) in [5.74, 6) is 1.96. The van der Waals surface area contributed by atoms with Gasteiger partial charge in [-0.05, 0) is 62.5 Å². The van der Waals surface area contributed by atoms with Crippen LogP contribution in [-0.4, -0.2) is 57.2 Å². The molecular weight excluding hydrogens is 427 g/mol. The van der Waals surface area contributed by atoms with Crippen LogP contribution in [0.1, 0.15) is 30.4 Å². The molecule has 2 aliphatic rings. The van der Waals surface area contributed by atoms with Gasteiger partial charge in [0, 0.05) is 26.6 Å². The van der Waals surface area contributed by atoms with Crippen molar-refractivity contribution in [3.63, 3.8) is 0 Å². The van der Waals surface area contributed by atoms with Gasteiger partial charge < -0.3 is 20.3 Å². The van der Waals surface area contributed by atoms with E-state index in [-0.39, 0.29) is 24.0 Å². The number of ether oxygens (including phenoxy) is 1. The Morgan fingerprint density at radius 1 is 1.20 bits per heavy atom. The van der Waals surface area contributed by atoms with E-state index in [1.807, 2.05) is 7.05 Å². The third-order valence-electron chi connectivity index (χ3n) is 4.83. The van der Waals surface area contributed by atoms with Gasteiger partial charge in [-0.1, -0.05) is 12.1 Å². The first-order valence-electron chi connectivity index (χ1n) is 9.26. The number of fused-ring (bicyclic) bond motifs is 1. The maximum atomic E-state index is 5.56. The molecule has 25 heavy (non-hydrogen) atoms. The number of guanidine groups is 1. The Morgan fingerprint density at radius 2 is 2.00 bits per heavy atom. The van der Waals surface area contributed by atoms with Crippen LogP contribution < -0.4 is 15.4 Å². The van der Waals surface area contributed by atoms with Crippen LogP contribution in [0.3, 0.4) is 0 Å². The van der Waals surface area contributed by atoms with Gasteiger partial charge in [-0.3, -0.25) is 4.99 Å². The summed E-state index contributed by atoms with van der Waals surface area (Å²) in [5.41, 5.74) is 2.70. The molecule has 0 atom stereocenters. The lowest BCUT2D eigenvalue weighted by atomic mass is 10.1. The van der Waals surface area contributed by atoms with Crippen LogP contribution in [0.25, 0.3) is 0 Å². The predicted octanol–water partition coefficient (Wildman–Crippen LogP) is 2.43. The normalized spacial score (nSPS) is 16.9. The van der Waals surface area contributed by atoms with Crippen LogP contribution in [0, 0.1) is 0 Å². The zero-order chi connectivity index (χ0) is 16.6. The molecule has 1 saturated heterocycles. The molecule has 2 aliphatic heterocycles. The summed E-state index contributed by atoms with van der Waals surface area (Å²) in [6.45, 7) is 6.45. The van der Waals surface area contributed by atoms with E-state index in [4.69, 9.17) is 4.74 Å². The van der Waals surface area contributed by atoms with Gasteiger partial charge in [-0.25, -0.2) is 0 Å². The first-order valence-corrected chi connectivity index (χ1v) is 9.26. The van der Waals surface area contributed by atoms with Gasteiger partial charge in [-0.2, -0.15) is 0 Å². The van der Waals surface area contributed by atoms with Crippen molar-refractivity contribution in [3.8, 4) is 5.75 Å². The number of rotatable bonds is 7. The van der Waals surface area contributed by atoms with Gasteiger partial charge >= 0.3 is 0 Å². The van der Waals surface area contributed by atoms with E-state index in [1.165, 1.54) is 50.0 Å². The van der Waals surface area contributed by atoms with Gasteiger partial charge in [0.1, 0.15) is 5.75 Å². The molecule has 0 unspecified atom stereocenters. The second-order valence-corrected chi connectivity index (χ2v) is 6.62. The summed E-state index contributed by atoms with van der Waals surface area (Å²) in [5, 5.41) is 6.82. The average molecular weight is 458 g/mol. The SMILES string of the molecule is CN=C(NCCCN1CCCC1)NCCc1ccc2c(c1)CCO2.I. The molecule has 2 N–H and O–H groups in total. The number of halogens is 1. The highest BCUT2D eigenvalue weighted by Crippen LogP contribution is 2.25. The monoisotopic (exact) mass is 458 g/mol. The number of nitrogens with one attached hydrogen (secondary N) is 2. The van der Waals surface area contributed by atoms with Crippen LogP contribution in [0.4, 0.5) is 0 Å². The van der Waals surface area contributed by atoms with Crippen molar-refractivity contribution < 1.29 is 4.74 Å². The molecule has 0 saturated carbocycles. The second-order valence-electron chi connectivity index (χ2n) is 6.62. The molecule has 0 aromatic heterocycles. The minimum atomic E-state index is 0. The van der Waals surface area contributed by atoms with Crippen LogP contribution in [0.15, 0.2) is 23.2 Å². The fourth-order valence-electron chi connectivity index (χ4n) is 3.46. The average Bonchev–Trinajstić information content (AvgIpc) is 3.27. The Bertz CT molecular complexity index is 558. The minimum absolute atomic E-state index is 0. The topological polar surface area (TPSA) is 48.9 Å². The molecule has 0 radical (unpaired) electrons. The maximum absolute atomic E-state index is 5.56. The molecule has 1 fully saturated rings. The van der Waals surface area contributed by atoms with Crippen molar-refractivity contribution in [1.82, 2.24) is 15.5 Å². The van der Waals surface area contributed by atoms with E-state index >= 15 is 0 Å². The fourth-order valence-corrected chi connectivity index (χ4v) is 3.46. The molecular formula is C19H31IN4O. The standard InChI is InChI=1S/C19H30N4O.HI/c1-20-19(21-9-4-13-23-11-2-3-12-23)22-10-7-16-5-6-18-17(15-16)8-14-24-18;/h5-6,15H,2-4,7-14H2,1H3,(H2,20,21,22);1H. The predicted molar refractivity (Wildman–Crippen MR) is 114 cm³/mol. The molecule has 1 aromatic rings. The molecule has 1 aromatic carbocycles. The molecule has 3 rings (SSSR count). The van der Waals surface area contributed by atoms with Gasteiger partial charge in [0.05, 0.1) is 6.61 Å². The summed E-state index contributed by atoms with van der Waals surface area (Å²) in [6, 6.07) is 6.54.